The number of aldehydes is 1. The fourth-order valence-corrected chi connectivity index (χ4v) is 2.67. The zero-order valence-corrected chi connectivity index (χ0v) is 11.2. The third-order valence-corrected chi connectivity index (χ3v) is 3.58. The molecule has 1 aliphatic heterocycles. The molecule has 1 aromatic rings. The van der Waals surface area contributed by atoms with Crippen molar-refractivity contribution in [3.63, 3.8) is 0 Å². The van der Waals surface area contributed by atoms with Crippen molar-refractivity contribution >= 4 is 6.29 Å². The first-order chi connectivity index (χ1) is 8.72. The predicted molar refractivity (Wildman–Crippen MR) is 72.1 cm³/mol. The van der Waals surface area contributed by atoms with Crippen LogP contribution in [0.1, 0.15) is 35.7 Å². The molecule has 18 heavy (non-hydrogen) atoms. The third kappa shape index (κ3) is 3.10. The average Bonchev–Trinajstić information content (AvgIpc) is 2.38. The summed E-state index contributed by atoms with van der Waals surface area (Å²) < 4.78 is 5.37. The van der Waals surface area contributed by atoms with E-state index in [1.807, 2.05) is 12.1 Å². The van der Waals surface area contributed by atoms with Crippen LogP contribution in [0.25, 0.3) is 0 Å². The third-order valence-electron chi connectivity index (χ3n) is 3.58. The Labute approximate surface area is 109 Å². The van der Waals surface area contributed by atoms with Crippen LogP contribution in [-0.2, 0) is 6.54 Å². The molecule has 0 aliphatic carbocycles. The minimum Gasteiger partial charge on any atom is -0.496 e. The van der Waals surface area contributed by atoms with Crippen molar-refractivity contribution in [2.45, 2.75) is 26.3 Å². The second kappa shape index (κ2) is 6.01. The molecule has 1 heterocycles. The minimum absolute atomic E-state index is 0.718. The van der Waals surface area contributed by atoms with Crippen molar-refractivity contribution in [2.24, 2.45) is 5.92 Å². The molecule has 0 N–H and O–H groups in total. The van der Waals surface area contributed by atoms with Gasteiger partial charge in [0.25, 0.3) is 0 Å². The fraction of sp³-hybridized carbons (Fsp3) is 0.533. The summed E-state index contributed by atoms with van der Waals surface area (Å²) in [6.07, 6.45) is 3.47. The van der Waals surface area contributed by atoms with Crippen molar-refractivity contribution in [3.8, 4) is 5.75 Å². The van der Waals surface area contributed by atoms with Crippen LogP contribution in [0.3, 0.4) is 0 Å². The van der Waals surface area contributed by atoms with Crippen LogP contribution in [0, 0.1) is 5.92 Å². The first kappa shape index (κ1) is 13.1. The highest BCUT2D eigenvalue weighted by atomic mass is 16.5. The number of hydrogen-bond acceptors (Lipinski definition) is 3. The molecule has 1 unspecified atom stereocenters. The van der Waals surface area contributed by atoms with Crippen molar-refractivity contribution < 1.29 is 9.53 Å². The van der Waals surface area contributed by atoms with Gasteiger partial charge in [0.1, 0.15) is 12.0 Å². The minimum atomic E-state index is 0.718. The summed E-state index contributed by atoms with van der Waals surface area (Å²) in [6.45, 7) is 5.44. The molecule has 3 heteroatoms. The van der Waals surface area contributed by atoms with Gasteiger partial charge in [-0.05, 0) is 43.5 Å². The lowest BCUT2D eigenvalue weighted by molar-refractivity contribution is 0.112. The Bertz CT molecular complexity index is 417. The topological polar surface area (TPSA) is 29.5 Å². The van der Waals surface area contributed by atoms with Crippen LogP contribution in [0.15, 0.2) is 18.2 Å². The lowest BCUT2D eigenvalue weighted by atomic mass is 9.99. The molecule has 0 radical (unpaired) electrons. The summed E-state index contributed by atoms with van der Waals surface area (Å²) in [4.78, 5) is 13.3. The first-order valence-electron chi connectivity index (χ1n) is 6.57. The summed E-state index contributed by atoms with van der Waals surface area (Å²) in [5.41, 5.74) is 1.83. The molecule has 1 saturated heterocycles. The number of methoxy groups -OCH3 is 1. The van der Waals surface area contributed by atoms with Gasteiger partial charge in [-0.3, -0.25) is 9.69 Å². The van der Waals surface area contributed by atoms with Crippen LogP contribution >= 0.6 is 0 Å². The van der Waals surface area contributed by atoms with E-state index in [1.54, 1.807) is 13.2 Å². The highest BCUT2D eigenvalue weighted by Gasteiger charge is 2.17. The molecular weight excluding hydrogens is 226 g/mol. The van der Waals surface area contributed by atoms with Gasteiger partial charge in [0, 0.05) is 24.2 Å². The smallest absolute Gasteiger partial charge is 0.150 e. The maximum Gasteiger partial charge on any atom is 0.150 e. The van der Waals surface area contributed by atoms with Crippen molar-refractivity contribution in [2.75, 3.05) is 20.2 Å². The van der Waals surface area contributed by atoms with Gasteiger partial charge in [0.2, 0.25) is 0 Å². The van der Waals surface area contributed by atoms with Gasteiger partial charge in [-0.2, -0.15) is 0 Å². The van der Waals surface area contributed by atoms with Gasteiger partial charge in [0.15, 0.2) is 0 Å². The first-order valence-corrected chi connectivity index (χ1v) is 6.57. The highest BCUT2D eigenvalue weighted by Crippen LogP contribution is 2.24. The van der Waals surface area contributed by atoms with Crippen LogP contribution in [0.2, 0.25) is 0 Å². The summed E-state index contributed by atoms with van der Waals surface area (Å²) in [6, 6.07) is 5.62. The van der Waals surface area contributed by atoms with E-state index in [1.165, 1.54) is 12.8 Å². The van der Waals surface area contributed by atoms with E-state index in [0.717, 1.165) is 48.7 Å². The van der Waals surface area contributed by atoms with E-state index < -0.39 is 0 Å². The Kier molecular flexibility index (Phi) is 4.37. The van der Waals surface area contributed by atoms with Crippen molar-refractivity contribution in [1.82, 2.24) is 4.90 Å². The van der Waals surface area contributed by atoms with E-state index in [4.69, 9.17) is 4.74 Å². The molecule has 0 bridgehead atoms. The lowest BCUT2D eigenvalue weighted by Gasteiger charge is -2.31. The zero-order valence-electron chi connectivity index (χ0n) is 11.2. The van der Waals surface area contributed by atoms with Gasteiger partial charge in [0.05, 0.1) is 7.11 Å². The Hall–Kier alpha value is -1.35. The molecular formula is C15H21NO2. The molecule has 0 aromatic heterocycles. The maximum atomic E-state index is 10.8. The molecule has 1 aliphatic rings. The molecule has 0 amide bonds. The van der Waals surface area contributed by atoms with E-state index >= 15 is 0 Å². The highest BCUT2D eigenvalue weighted by molar-refractivity contribution is 5.75. The zero-order chi connectivity index (χ0) is 13.0. The van der Waals surface area contributed by atoms with Crippen LogP contribution in [0.4, 0.5) is 0 Å². The van der Waals surface area contributed by atoms with E-state index in [0.29, 0.717) is 0 Å². The summed E-state index contributed by atoms with van der Waals surface area (Å²) in [5, 5.41) is 0. The number of piperidine rings is 1. The van der Waals surface area contributed by atoms with E-state index in [-0.39, 0.29) is 0 Å². The van der Waals surface area contributed by atoms with Crippen molar-refractivity contribution in [3.05, 3.63) is 29.3 Å². The summed E-state index contributed by atoms with van der Waals surface area (Å²) in [7, 11) is 1.68. The molecule has 1 fully saturated rings. The molecule has 1 aromatic carbocycles. The Morgan fingerprint density at radius 1 is 1.50 bits per heavy atom. The fourth-order valence-electron chi connectivity index (χ4n) is 2.67. The lowest BCUT2D eigenvalue weighted by Crippen LogP contribution is -2.33. The summed E-state index contributed by atoms with van der Waals surface area (Å²) >= 11 is 0. The van der Waals surface area contributed by atoms with Gasteiger partial charge in [-0.15, -0.1) is 0 Å². The van der Waals surface area contributed by atoms with Gasteiger partial charge in [-0.25, -0.2) is 0 Å². The molecule has 1 atom stereocenters. The second-order valence-electron chi connectivity index (χ2n) is 5.17. The van der Waals surface area contributed by atoms with Crippen LogP contribution < -0.4 is 4.74 Å². The molecule has 3 nitrogen and oxygen atoms in total. The SMILES string of the molecule is COc1ccc(C=O)cc1CN1CCCC(C)C1. The van der Waals surface area contributed by atoms with Gasteiger partial charge < -0.3 is 4.74 Å². The number of rotatable bonds is 4. The average molecular weight is 247 g/mol. The Morgan fingerprint density at radius 2 is 2.33 bits per heavy atom. The monoisotopic (exact) mass is 247 g/mol. The van der Waals surface area contributed by atoms with E-state index in [2.05, 4.69) is 11.8 Å². The Morgan fingerprint density at radius 3 is 3.00 bits per heavy atom. The van der Waals surface area contributed by atoms with Crippen LogP contribution in [-0.4, -0.2) is 31.4 Å². The molecule has 2 rings (SSSR count). The molecule has 98 valence electrons. The number of likely N-dealkylation sites (tertiary alicyclic amines) is 1. The molecule has 0 saturated carbocycles. The number of hydrogen-bond donors (Lipinski definition) is 0. The number of ether oxygens (including phenoxy) is 1. The number of carbonyl (C=O) groups is 1. The number of carbonyl (C=O) groups excluding carboxylic acids is 1. The van der Waals surface area contributed by atoms with Crippen molar-refractivity contribution in [1.29, 1.82) is 0 Å². The second-order valence-corrected chi connectivity index (χ2v) is 5.17. The van der Waals surface area contributed by atoms with E-state index in [9.17, 15) is 4.79 Å². The normalized spacial score (nSPS) is 20.7. The standard InChI is InChI=1S/C15H21NO2/c1-12-4-3-7-16(9-12)10-14-8-13(11-17)5-6-15(14)18-2/h5-6,8,11-12H,3-4,7,9-10H2,1-2H3. The quantitative estimate of drug-likeness (QED) is 0.766. The van der Waals surface area contributed by atoms with Gasteiger partial charge in [-0.1, -0.05) is 6.92 Å². The number of nitrogens with zero attached hydrogens (tertiary/aromatic N) is 1. The van der Waals surface area contributed by atoms with Gasteiger partial charge >= 0.3 is 0 Å². The Balaban J connectivity index is 2.13. The largest absolute Gasteiger partial charge is 0.496 e. The molecule has 0 spiro atoms. The summed E-state index contributed by atoms with van der Waals surface area (Å²) in [5.74, 6) is 1.64. The number of benzene rings is 1. The van der Waals surface area contributed by atoms with Crippen LogP contribution in [0.5, 0.6) is 5.75 Å². The predicted octanol–water partition coefficient (Wildman–Crippen LogP) is 2.74. The maximum absolute atomic E-state index is 10.8.